The van der Waals surface area contributed by atoms with Crippen molar-refractivity contribution in [2.75, 3.05) is 0 Å². The number of aryl methyl sites for hydroxylation is 2. The van der Waals surface area contributed by atoms with Crippen LogP contribution in [0.3, 0.4) is 0 Å². The average molecular weight is 312 g/mol. The van der Waals surface area contributed by atoms with E-state index >= 15 is 0 Å². The molecule has 0 atom stereocenters. The summed E-state index contributed by atoms with van der Waals surface area (Å²) in [6, 6.07) is 10.8. The molecule has 2 rings (SSSR count). The molecule has 1 aromatic carbocycles. The molecule has 1 aromatic heterocycles. The fourth-order valence-electron chi connectivity index (χ4n) is 3.31. The van der Waals surface area contributed by atoms with Crippen LogP contribution in [0.1, 0.15) is 82.4 Å². The molecule has 0 bridgehead atoms. The molecule has 0 amide bonds. The van der Waals surface area contributed by atoms with Crippen molar-refractivity contribution < 1.29 is 0 Å². The van der Waals surface area contributed by atoms with Gasteiger partial charge in [0.25, 0.3) is 0 Å². The number of unbranched alkanes of at least 4 members (excludes halogenated alkanes) is 9. The van der Waals surface area contributed by atoms with Crippen LogP contribution in [0.15, 0.2) is 30.3 Å². The van der Waals surface area contributed by atoms with E-state index in [1.807, 2.05) is 0 Å². The number of aromatic nitrogens is 1. The third-order valence-electron chi connectivity index (χ3n) is 4.82. The number of para-hydroxylation sites is 1. The summed E-state index contributed by atoms with van der Waals surface area (Å²) >= 11 is 0. The molecule has 126 valence electrons. The minimum Gasteiger partial charge on any atom is -0.253 e. The molecule has 0 spiro atoms. The number of pyridine rings is 1. The lowest BCUT2D eigenvalue weighted by Gasteiger charge is -2.07. The second-order valence-electron chi connectivity index (χ2n) is 6.86. The van der Waals surface area contributed by atoms with Gasteiger partial charge in [-0.15, -0.1) is 0 Å². The Labute approximate surface area is 142 Å². The van der Waals surface area contributed by atoms with E-state index in [0.29, 0.717) is 0 Å². The topological polar surface area (TPSA) is 12.9 Å². The highest BCUT2D eigenvalue weighted by Gasteiger charge is 2.03. The zero-order chi connectivity index (χ0) is 16.3. The molecule has 0 N–H and O–H groups in total. The number of benzene rings is 1. The van der Waals surface area contributed by atoms with Crippen LogP contribution in [-0.4, -0.2) is 4.98 Å². The standard InChI is InChI=1S/C22H33N/c1-3-4-5-6-7-8-9-10-11-12-15-20-18-21-16-13-14-17-22(21)23-19(20)2/h13-14,16-18H,3-12,15H2,1-2H3. The van der Waals surface area contributed by atoms with Crippen molar-refractivity contribution >= 4 is 10.9 Å². The molecule has 0 fully saturated rings. The molecule has 1 nitrogen and oxygen atoms in total. The molecule has 1 heterocycles. The number of hydrogen-bond donors (Lipinski definition) is 0. The van der Waals surface area contributed by atoms with E-state index in [4.69, 9.17) is 4.98 Å². The molecular weight excluding hydrogens is 278 g/mol. The first-order chi connectivity index (χ1) is 11.3. The lowest BCUT2D eigenvalue weighted by molar-refractivity contribution is 0.556. The Bertz CT molecular complexity index is 573. The number of fused-ring (bicyclic) bond motifs is 1. The molecular formula is C22H33N. The maximum atomic E-state index is 4.74. The van der Waals surface area contributed by atoms with Crippen molar-refractivity contribution in [2.24, 2.45) is 0 Å². The molecule has 1 heteroatoms. The number of rotatable bonds is 11. The highest BCUT2D eigenvalue weighted by Crippen LogP contribution is 2.19. The first kappa shape index (κ1) is 18.0. The highest BCUT2D eigenvalue weighted by atomic mass is 14.7. The molecule has 0 aliphatic carbocycles. The smallest absolute Gasteiger partial charge is 0.0705 e. The van der Waals surface area contributed by atoms with Crippen LogP contribution in [0.2, 0.25) is 0 Å². The predicted molar refractivity (Wildman–Crippen MR) is 102 cm³/mol. The minimum atomic E-state index is 1.12. The van der Waals surface area contributed by atoms with Gasteiger partial charge in [-0.1, -0.05) is 82.9 Å². The van der Waals surface area contributed by atoms with Crippen LogP contribution in [-0.2, 0) is 6.42 Å². The lowest BCUT2D eigenvalue weighted by Crippen LogP contribution is -1.94. The van der Waals surface area contributed by atoms with Crippen LogP contribution in [0.25, 0.3) is 10.9 Å². The van der Waals surface area contributed by atoms with Gasteiger partial charge in [-0.25, -0.2) is 0 Å². The van der Waals surface area contributed by atoms with Crippen LogP contribution in [0.4, 0.5) is 0 Å². The van der Waals surface area contributed by atoms with Crippen molar-refractivity contribution in [3.05, 3.63) is 41.6 Å². The SMILES string of the molecule is CCCCCCCCCCCCc1cc2ccccc2nc1C. The third-order valence-corrected chi connectivity index (χ3v) is 4.82. The van der Waals surface area contributed by atoms with Gasteiger partial charge in [-0.3, -0.25) is 4.98 Å². The number of hydrogen-bond acceptors (Lipinski definition) is 1. The Balaban J connectivity index is 1.62. The van der Waals surface area contributed by atoms with Gasteiger partial charge < -0.3 is 0 Å². The minimum absolute atomic E-state index is 1.12. The zero-order valence-electron chi connectivity index (χ0n) is 15.1. The quantitative estimate of drug-likeness (QED) is 0.407. The Morgan fingerprint density at radius 2 is 1.39 bits per heavy atom. The zero-order valence-corrected chi connectivity index (χ0v) is 15.1. The Hall–Kier alpha value is -1.37. The molecule has 0 saturated heterocycles. The lowest BCUT2D eigenvalue weighted by atomic mass is 10.0. The van der Waals surface area contributed by atoms with Gasteiger partial charge in [0.15, 0.2) is 0 Å². The fourth-order valence-corrected chi connectivity index (χ4v) is 3.31. The van der Waals surface area contributed by atoms with E-state index in [1.54, 1.807) is 0 Å². The van der Waals surface area contributed by atoms with Crippen molar-refractivity contribution in [3.63, 3.8) is 0 Å². The second kappa shape index (κ2) is 10.4. The maximum Gasteiger partial charge on any atom is 0.0705 e. The normalized spacial score (nSPS) is 11.2. The van der Waals surface area contributed by atoms with Crippen LogP contribution >= 0.6 is 0 Å². The van der Waals surface area contributed by atoms with Crippen molar-refractivity contribution in [1.82, 2.24) is 4.98 Å². The van der Waals surface area contributed by atoms with Gasteiger partial charge in [0.05, 0.1) is 5.52 Å². The van der Waals surface area contributed by atoms with E-state index in [-0.39, 0.29) is 0 Å². The first-order valence-electron chi connectivity index (χ1n) is 9.66. The Morgan fingerprint density at radius 3 is 2.09 bits per heavy atom. The Kier molecular flexibility index (Phi) is 8.14. The molecule has 2 aromatic rings. The summed E-state index contributed by atoms with van der Waals surface area (Å²) in [7, 11) is 0. The van der Waals surface area contributed by atoms with Gasteiger partial charge in [0, 0.05) is 11.1 Å². The summed E-state index contributed by atoms with van der Waals surface area (Å²) in [6.07, 6.45) is 15.2. The Morgan fingerprint density at radius 1 is 0.783 bits per heavy atom. The molecule has 0 aliphatic rings. The third kappa shape index (κ3) is 6.33. The fraction of sp³-hybridized carbons (Fsp3) is 0.591. The summed E-state index contributed by atoms with van der Waals surface area (Å²) in [5.74, 6) is 0. The number of nitrogens with zero attached hydrogens (tertiary/aromatic N) is 1. The molecule has 0 saturated carbocycles. The van der Waals surface area contributed by atoms with Gasteiger partial charge in [-0.2, -0.15) is 0 Å². The molecule has 0 aliphatic heterocycles. The average Bonchev–Trinajstić information content (AvgIpc) is 2.57. The maximum absolute atomic E-state index is 4.74. The highest BCUT2D eigenvalue weighted by molar-refractivity contribution is 5.79. The van der Waals surface area contributed by atoms with E-state index in [0.717, 1.165) is 5.52 Å². The van der Waals surface area contributed by atoms with Gasteiger partial charge in [0.1, 0.15) is 0 Å². The van der Waals surface area contributed by atoms with Crippen LogP contribution in [0, 0.1) is 6.92 Å². The van der Waals surface area contributed by atoms with Crippen LogP contribution in [0.5, 0.6) is 0 Å². The van der Waals surface area contributed by atoms with Gasteiger partial charge in [-0.05, 0) is 37.5 Å². The summed E-state index contributed by atoms with van der Waals surface area (Å²) in [4.78, 5) is 4.74. The summed E-state index contributed by atoms with van der Waals surface area (Å²) in [6.45, 7) is 4.44. The van der Waals surface area contributed by atoms with Crippen molar-refractivity contribution in [1.29, 1.82) is 0 Å². The largest absolute Gasteiger partial charge is 0.253 e. The predicted octanol–water partition coefficient (Wildman–Crippen LogP) is 7.01. The summed E-state index contributed by atoms with van der Waals surface area (Å²) in [5.41, 5.74) is 3.76. The van der Waals surface area contributed by atoms with Gasteiger partial charge in [0.2, 0.25) is 0 Å². The molecule has 0 unspecified atom stereocenters. The summed E-state index contributed by atoms with van der Waals surface area (Å²) < 4.78 is 0. The second-order valence-corrected chi connectivity index (χ2v) is 6.86. The first-order valence-corrected chi connectivity index (χ1v) is 9.66. The van der Waals surface area contributed by atoms with E-state index in [2.05, 4.69) is 44.2 Å². The molecule has 23 heavy (non-hydrogen) atoms. The van der Waals surface area contributed by atoms with E-state index in [1.165, 1.54) is 87.3 Å². The summed E-state index contributed by atoms with van der Waals surface area (Å²) in [5, 5.41) is 1.28. The molecule has 0 radical (unpaired) electrons. The van der Waals surface area contributed by atoms with Crippen molar-refractivity contribution in [3.8, 4) is 0 Å². The monoisotopic (exact) mass is 311 g/mol. The van der Waals surface area contributed by atoms with E-state index in [9.17, 15) is 0 Å². The van der Waals surface area contributed by atoms with Crippen LogP contribution < -0.4 is 0 Å². The van der Waals surface area contributed by atoms with Gasteiger partial charge >= 0.3 is 0 Å². The van der Waals surface area contributed by atoms with E-state index < -0.39 is 0 Å². The van der Waals surface area contributed by atoms with Crippen molar-refractivity contribution in [2.45, 2.75) is 84.5 Å².